The Morgan fingerprint density at radius 2 is 0.800 bits per heavy atom. The minimum atomic E-state index is -1.78. The molecule has 0 bridgehead atoms. The summed E-state index contributed by atoms with van der Waals surface area (Å²) >= 11 is 0. The van der Waals surface area contributed by atoms with Crippen molar-refractivity contribution in [1.82, 2.24) is 9.97 Å². The van der Waals surface area contributed by atoms with Crippen molar-refractivity contribution in [1.29, 1.82) is 0 Å². The number of aromatic nitrogens is 2. The number of nitrogens with zero attached hydrogens (tertiary/aromatic N) is 2. The number of pyridine rings is 2. The fraction of sp³-hybridized carbons (Fsp3) is 0.0909. The van der Waals surface area contributed by atoms with Crippen LogP contribution in [0.5, 0.6) is 0 Å². The van der Waals surface area contributed by atoms with Crippen molar-refractivity contribution in [3.63, 3.8) is 0 Å². The first-order chi connectivity index (χ1) is 14.4. The third kappa shape index (κ3) is 3.28. The van der Waals surface area contributed by atoms with Crippen LogP contribution in [0.2, 0.25) is 0 Å². The van der Waals surface area contributed by atoms with Gasteiger partial charge in [0.05, 0.1) is 10.8 Å². The minimum Gasteiger partial charge on any atom is -0.265 e. The smallest absolute Gasteiger partial charge is 0.170 e. The van der Waals surface area contributed by atoms with Crippen molar-refractivity contribution < 1.29 is 26.3 Å². The molecular weight excluding hydrogens is 406 g/mol. The number of benzene rings is 2. The molecule has 8 heteroatoms. The van der Waals surface area contributed by atoms with Gasteiger partial charge in [-0.25, -0.2) is 26.3 Å². The van der Waals surface area contributed by atoms with E-state index in [2.05, 4.69) is 9.97 Å². The molecular formula is C22H12F6N2. The standard InChI is InChI=1S/C22H12F6N2/c23-17-13(9-11-1-5-29-6-2-11)19(25)21(27)16-15(17)22(28)20(26)14(18(16)24)10-12-3-7-30-8-4-12/h1-8H,9-10H2. The first kappa shape index (κ1) is 19.9. The Morgan fingerprint density at radius 3 is 1.13 bits per heavy atom. The average Bonchev–Trinajstić information content (AvgIpc) is 2.76. The van der Waals surface area contributed by atoms with Gasteiger partial charge in [-0.15, -0.1) is 0 Å². The zero-order valence-corrected chi connectivity index (χ0v) is 15.2. The lowest BCUT2D eigenvalue weighted by Crippen LogP contribution is -2.10. The van der Waals surface area contributed by atoms with Gasteiger partial charge in [-0.1, -0.05) is 0 Å². The summed E-state index contributed by atoms with van der Waals surface area (Å²) in [7, 11) is 0. The lowest BCUT2D eigenvalue weighted by molar-refractivity contribution is 0.468. The first-order valence-electron chi connectivity index (χ1n) is 8.82. The van der Waals surface area contributed by atoms with Crippen LogP contribution in [0.3, 0.4) is 0 Å². The van der Waals surface area contributed by atoms with E-state index in [0.717, 1.165) is 0 Å². The Hall–Kier alpha value is -3.42. The summed E-state index contributed by atoms with van der Waals surface area (Å²) in [5.74, 6) is -9.96. The van der Waals surface area contributed by atoms with Gasteiger partial charge in [0.2, 0.25) is 0 Å². The Labute approximate surface area is 166 Å². The van der Waals surface area contributed by atoms with E-state index in [0.29, 0.717) is 11.1 Å². The van der Waals surface area contributed by atoms with Crippen LogP contribution < -0.4 is 0 Å². The Bertz CT molecular complexity index is 1150. The van der Waals surface area contributed by atoms with E-state index in [1.165, 1.54) is 49.1 Å². The van der Waals surface area contributed by atoms with E-state index in [1.807, 2.05) is 0 Å². The summed E-state index contributed by atoms with van der Waals surface area (Å²) in [5, 5.41) is -2.52. The lowest BCUT2D eigenvalue weighted by Gasteiger charge is -2.15. The summed E-state index contributed by atoms with van der Waals surface area (Å²) in [6.45, 7) is 0. The molecule has 0 N–H and O–H groups in total. The molecule has 0 spiro atoms. The minimum absolute atomic E-state index is 0.359. The molecule has 152 valence electrons. The molecule has 2 aromatic heterocycles. The van der Waals surface area contributed by atoms with Gasteiger partial charge in [0.25, 0.3) is 0 Å². The maximum absolute atomic E-state index is 15.0. The van der Waals surface area contributed by atoms with Gasteiger partial charge in [-0.05, 0) is 35.4 Å². The van der Waals surface area contributed by atoms with Crippen LogP contribution in [-0.4, -0.2) is 9.97 Å². The molecule has 30 heavy (non-hydrogen) atoms. The molecule has 2 aromatic carbocycles. The normalized spacial score (nSPS) is 11.3. The van der Waals surface area contributed by atoms with Crippen molar-refractivity contribution in [2.24, 2.45) is 0 Å². The number of hydrogen-bond acceptors (Lipinski definition) is 2. The molecule has 0 saturated heterocycles. The fourth-order valence-electron chi connectivity index (χ4n) is 3.33. The van der Waals surface area contributed by atoms with Crippen LogP contribution in [0, 0.1) is 34.9 Å². The lowest BCUT2D eigenvalue weighted by atomic mass is 9.95. The molecule has 0 aliphatic rings. The van der Waals surface area contributed by atoms with Gasteiger partial charge in [0, 0.05) is 48.8 Å². The van der Waals surface area contributed by atoms with Crippen molar-refractivity contribution >= 4 is 10.8 Å². The zero-order chi connectivity index (χ0) is 21.4. The van der Waals surface area contributed by atoms with E-state index >= 15 is 0 Å². The Morgan fingerprint density at radius 1 is 0.467 bits per heavy atom. The highest BCUT2D eigenvalue weighted by Gasteiger charge is 2.30. The molecule has 0 aliphatic carbocycles. The molecule has 0 fully saturated rings. The monoisotopic (exact) mass is 418 g/mol. The second-order valence-corrected chi connectivity index (χ2v) is 6.66. The Kier molecular flexibility index (Phi) is 5.15. The Balaban J connectivity index is 1.95. The number of halogens is 6. The molecule has 4 rings (SSSR count). The van der Waals surface area contributed by atoms with Crippen LogP contribution in [-0.2, 0) is 12.8 Å². The van der Waals surface area contributed by atoms with Crippen molar-refractivity contribution in [2.45, 2.75) is 12.8 Å². The van der Waals surface area contributed by atoms with Crippen molar-refractivity contribution in [3.05, 3.63) is 106 Å². The molecule has 0 aliphatic heterocycles. The second-order valence-electron chi connectivity index (χ2n) is 6.66. The summed E-state index contributed by atoms with van der Waals surface area (Å²) in [5.41, 5.74) is -0.939. The third-order valence-corrected chi connectivity index (χ3v) is 4.83. The quantitative estimate of drug-likeness (QED) is 0.316. The van der Waals surface area contributed by atoms with Gasteiger partial charge >= 0.3 is 0 Å². The number of fused-ring (bicyclic) bond motifs is 1. The predicted octanol–water partition coefficient (Wildman–Crippen LogP) is 5.65. The van der Waals surface area contributed by atoms with Crippen LogP contribution in [0.4, 0.5) is 26.3 Å². The van der Waals surface area contributed by atoms with E-state index in [-0.39, 0.29) is 0 Å². The molecule has 2 heterocycles. The van der Waals surface area contributed by atoms with Crippen LogP contribution in [0.15, 0.2) is 49.1 Å². The topological polar surface area (TPSA) is 25.8 Å². The number of hydrogen-bond donors (Lipinski definition) is 0. The van der Waals surface area contributed by atoms with Gasteiger partial charge < -0.3 is 0 Å². The van der Waals surface area contributed by atoms with Gasteiger partial charge in [0.15, 0.2) is 23.3 Å². The summed E-state index contributed by atoms with van der Waals surface area (Å²) < 4.78 is 88.7. The van der Waals surface area contributed by atoms with Gasteiger partial charge in [-0.2, -0.15) is 0 Å². The van der Waals surface area contributed by atoms with Crippen LogP contribution >= 0.6 is 0 Å². The van der Waals surface area contributed by atoms with E-state index in [1.54, 1.807) is 0 Å². The van der Waals surface area contributed by atoms with Crippen LogP contribution in [0.1, 0.15) is 22.3 Å². The molecule has 0 saturated carbocycles. The van der Waals surface area contributed by atoms with E-state index < -0.39 is 69.6 Å². The predicted molar refractivity (Wildman–Crippen MR) is 97.8 cm³/mol. The van der Waals surface area contributed by atoms with Crippen molar-refractivity contribution in [3.8, 4) is 0 Å². The maximum Gasteiger partial charge on any atom is 0.170 e. The van der Waals surface area contributed by atoms with Crippen molar-refractivity contribution in [2.75, 3.05) is 0 Å². The van der Waals surface area contributed by atoms with E-state index in [4.69, 9.17) is 0 Å². The van der Waals surface area contributed by atoms with Gasteiger partial charge in [-0.3, -0.25) is 9.97 Å². The van der Waals surface area contributed by atoms with E-state index in [9.17, 15) is 26.3 Å². The highest BCUT2D eigenvalue weighted by molar-refractivity contribution is 5.87. The largest absolute Gasteiger partial charge is 0.265 e. The molecule has 0 amide bonds. The highest BCUT2D eigenvalue weighted by Crippen LogP contribution is 2.36. The average molecular weight is 418 g/mol. The molecule has 0 unspecified atom stereocenters. The summed E-state index contributed by atoms with van der Waals surface area (Å²) in [6, 6.07) is 5.71. The SMILES string of the molecule is Fc1c(Cc2ccncc2)c(F)c2c(F)c(F)c(Cc3ccncc3)c(F)c2c1F. The third-order valence-electron chi connectivity index (χ3n) is 4.83. The maximum atomic E-state index is 15.0. The molecule has 0 atom stereocenters. The summed E-state index contributed by atoms with van der Waals surface area (Å²) in [4.78, 5) is 7.51. The molecule has 2 nitrogen and oxygen atoms in total. The second kappa shape index (κ2) is 7.78. The molecule has 0 radical (unpaired) electrons. The molecule has 4 aromatic rings. The fourth-order valence-corrected chi connectivity index (χ4v) is 3.33. The summed E-state index contributed by atoms with van der Waals surface area (Å²) in [6.07, 6.45) is 4.52. The zero-order valence-electron chi connectivity index (χ0n) is 15.2. The number of rotatable bonds is 4. The van der Waals surface area contributed by atoms with Gasteiger partial charge in [0.1, 0.15) is 11.6 Å². The highest BCUT2D eigenvalue weighted by atomic mass is 19.2. The van der Waals surface area contributed by atoms with Crippen LogP contribution in [0.25, 0.3) is 10.8 Å². The first-order valence-corrected chi connectivity index (χ1v) is 8.82.